The lowest BCUT2D eigenvalue weighted by Crippen LogP contribution is -2.47. The molecule has 0 spiro atoms. The molecule has 3 aromatic rings. The maximum Gasteiger partial charge on any atom is 0.132 e. The molecule has 3 aromatic carbocycles. The second kappa shape index (κ2) is 7.69. The van der Waals surface area contributed by atoms with Crippen molar-refractivity contribution in [1.82, 2.24) is 0 Å². The Morgan fingerprint density at radius 3 is 2.10 bits per heavy atom. The second-order valence-corrected chi connectivity index (χ2v) is 11.6. The molecule has 2 aliphatic rings. The van der Waals surface area contributed by atoms with Crippen molar-refractivity contribution >= 4 is 34.1 Å². The summed E-state index contributed by atoms with van der Waals surface area (Å²) in [4.78, 5) is 0. The summed E-state index contributed by atoms with van der Waals surface area (Å²) in [7, 11) is 1.26. The Morgan fingerprint density at radius 1 is 0.833 bits per heavy atom. The molecule has 1 heterocycles. The lowest BCUT2D eigenvalue weighted by atomic mass is 9.68. The number of para-hydroxylation sites is 1. The maximum absolute atomic E-state index is 6.84. The number of hydrogen-bond acceptors (Lipinski definition) is 1. The highest BCUT2D eigenvalue weighted by molar-refractivity contribution is 7.80. The van der Waals surface area contributed by atoms with Gasteiger partial charge in [0.25, 0.3) is 0 Å². The van der Waals surface area contributed by atoms with E-state index in [2.05, 4.69) is 111 Å². The standard InChI is InChI=1S/C27H26OPSi/c1-27(2)21-15-9-17-23(25(21)28-26-22(27)16-10-18-24(26)30)29(19-11-5-3-6-12-19)20-13-7-4-8-14-20/h3-18,22,26H,30H2,1-2H3. The molecule has 5 rings (SSSR count). The Labute approximate surface area is 183 Å². The summed E-state index contributed by atoms with van der Waals surface area (Å²) >= 11 is 0. The first-order chi connectivity index (χ1) is 14.6. The molecule has 1 radical (unpaired) electrons. The Balaban J connectivity index is 1.72. The lowest BCUT2D eigenvalue weighted by molar-refractivity contribution is 0.121. The number of allylic oxidation sites excluding steroid dienone is 2. The Morgan fingerprint density at radius 2 is 1.47 bits per heavy atom. The highest BCUT2D eigenvalue weighted by Gasteiger charge is 2.45. The molecule has 3 heteroatoms. The average Bonchev–Trinajstić information content (AvgIpc) is 2.77. The van der Waals surface area contributed by atoms with Crippen LogP contribution in [0.25, 0.3) is 0 Å². The van der Waals surface area contributed by atoms with Gasteiger partial charge in [0.2, 0.25) is 0 Å². The normalized spacial score (nSPS) is 21.4. The molecule has 0 fully saturated rings. The van der Waals surface area contributed by atoms with E-state index in [1.54, 1.807) is 0 Å². The van der Waals surface area contributed by atoms with Crippen molar-refractivity contribution in [3.63, 3.8) is 0 Å². The van der Waals surface area contributed by atoms with Gasteiger partial charge in [-0.05, 0) is 18.5 Å². The number of hydrogen-bond donors (Lipinski definition) is 0. The quantitative estimate of drug-likeness (QED) is 0.452. The van der Waals surface area contributed by atoms with Gasteiger partial charge in [-0.2, -0.15) is 0 Å². The van der Waals surface area contributed by atoms with Crippen molar-refractivity contribution in [2.24, 2.45) is 5.92 Å². The Bertz CT molecular complexity index is 1080. The molecule has 1 aliphatic carbocycles. The molecule has 0 amide bonds. The Kier molecular flexibility index (Phi) is 5.01. The number of fused-ring (bicyclic) bond motifs is 2. The van der Waals surface area contributed by atoms with Gasteiger partial charge in [0.15, 0.2) is 0 Å². The minimum absolute atomic E-state index is 0.0130. The van der Waals surface area contributed by atoms with Crippen LogP contribution in [0.2, 0.25) is 0 Å². The monoisotopic (exact) mass is 425 g/mol. The van der Waals surface area contributed by atoms with Gasteiger partial charge in [-0.3, -0.25) is 0 Å². The molecule has 30 heavy (non-hydrogen) atoms. The smallest absolute Gasteiger partial charge is 0.132 e. The van der Waals surface area contributed by atoms with Crippen molar-refractivity contribution in [3.05, 3.63) is 108 Å². The van der Waals surface area contributed by atoms with Gasteiger partial charge in [-0.15, -0.1) is 0 Å². The highest BCUT2D eigenvalue weighted by atomic mass is 31.1. The van der Waals surface area contributed by atoms with Crippen LogP contribution >= 0.6 is 7.92 Å². The summed E-state index contributed by atoms with van der Waals surface area (Å²) in [5, 5.41) is 5.36. The summed E-state index contributed by atoms with van der Waals surface area (Å²) in [6, 6.07) is 28.5. The molecular weight excluding hydrogens is 399 g/mol. The zero-order valence-electron chi connectivity index (χ0n) is 17.5. The number of ether oxygens (including phenoxy) is 1. The van der Waals surface area contributed by atoms with E-state index in [1.807, 2.05) is 10.2 Å². The van der Waals surface area contributed by atoms with Crippen molar-refractivity contribution in [3.8, 4) is 5.75 Å². The van der Waals surface area contributed by atoms with Crippen LogP contribution in [0.3, 0.4) is 0 Å². The van der Waals surface area contributed by atoms with E-state index < -0.39 is 7.92 Å². The minimum Gasteiger partial charge on any atom is -0.485 e. The summed E-state index contributed by atoms with van der Waals surface area (Å²) < 4.78 is 6.84. The molecule has 2 atom stereocenters. The predicted octanol–water partition coefficient (Wildman–Crippen LogP) is 4.19. The minimum atomic E-state index is -0.701. The number of rotatable bonds is 3. The summed E-state index contributed by atoms with van der Waals surface area (Å²) in [5.41, 5.74) is 1.34. The third kappa shape index (κ3) is 3.19. The zero-order valence-corrected chi connectivity index (χ0v) is 19.8. The van der Waals surface area contributed by atoms with Crippen LogP contribution in [0.4, 0.5) is 0 Å². The van der Waals surface area contributed by atoms with Crippen LogP contribution < -0.4 is 20.7 Å². The number of benzene rings is 3. The topological polar surface area (TPSA) is 9.23 Å². The van der Waals surface area contributed by atoms with Crippen LogP contribution in [0.1, 0.15) is 19.4 Å². The lowest BCUT2D eigenvalue weighted by Gasteiger charge is -2.46. The van der Waals surface area contributed by atoms with Gasteiger partial charge in [-0.1, -0.05) is 116 Å². The van der Waals surface area contributed by atoms with Crippen LogP contribution in [0.5, 0.6) is 5.75 Å². The molecule has 2 unspecified atom stereocenters. The van der Waals surface area contributed by atoms with Gasteiger partial charge in [0.1, 0.15) is 11.9 Å². The van der Waals surface area contributed by atoms with Gasteiger partial charge in [0.05, 0.1) is 0 Å². The molecule has 0 bridgehead atoms. The fourth-order valence-corrected chi connectivity index (χ4v) is 7.59. The molecule has 149 valence electrons. The molecule has 0 saturated heterocycles. The fraction of sp³-hybridized carbons (Fsp3) is 0.185. The summed E-state index contributed by atoms with van der Waals surface area (Å²) in [5.74, 6) is 1.45. The van der Waals surface area contributed by atoms with Crippen LogP contribution in [-0.2, 0) is 5.41 Å². The summed E-state index contributed by atoms with van der Waals surface area (Å²) in [6.07, 6.45) is 6.85. The van der Waals surface area contributed by atoms with Crippen molar-refractivity contribution in [1.29, 1.82) is 0 Å². The SMILES string of the molecule is CC1(C)c2cccc(P(c3ccccc3)c3ccccc3)c2OC2C([SiH2])=CC=CC21. The fourth-order valence-electron chi connectivity index (χ4n) is 4.71. The average molecular weight is 426 g/mol. The van der Waals surface area contributed by atoms with Crippen LogP contribution in [-0.4, -0.2) is 16.3 Å². The second-order valence-electron chi connectivity index (χ2n) is 8.57. The molecule has 0 N–H and O–H groups in total. The van der Waals surface area contributed by atoms with E-state index in [0.717, 1.165) is 5.75 Å². The Hall–Kier alpha value is -2.41. The van der Waals surface area contributed by atoms with Crippen LogP contribution in [0.15, 0.2) is 102 Å². The van der Waals surface area contributed by atoms with Crippen molar-refractivity contribution < 1.29 is 4.74 Å². The molecule has 0 saturated carbocycles. The molecule has 1 aliphatic heterocycles. The largest absolute Gasteiger partial charge is 0.485 e. The van der Waals surface area contributed by atoms with Gasteiger partial charge >= 0.3 is 0 Å². The van der Waals surface area contributed by atoms with Gasteiger partial charge in [-0.25, -0.2) is 0 Å². The first-order valence-electron chi connectivity index (χ1n) is 10.5. The van der Waals surface area contributed by atoms with Crippen LogP contribution in [0, 0.1) is 5.92 Å². The molecular formula is C27H26OPSi. The van der Waals surface area contributed by atoms with Gasteiger partial charge in [0, 0.05) is 32.4 Å². The third-order valence-electron chi connectivity index (χ3n) is 6.36. The highest BCUT2D eigenvalue weighted by Crippen LogP contribution is 2.49. The van der Waals surface area contributed by atoms with Crippen molar-refractivity contribution in [2.75, 3.05) is 0 Å². The maximum atomic E-state index is 6.84. The van der Waals surface area contributed by atoms with E-state index in [-0.39, 0.29) is 11.5 Å². The van der Waals surface area contributed by atoms with E-state index in [1.165, 1.54) is 26.7 Å². The van der Waals surface area contributed by atoms with E-state index in [4.69, 9.17) is 4.74 Å². The predicted molar refractivity (Wildman–Crippen MR) is 132 cm³/mol. The van der Waals surface area contributed by atoms with E-state index in [9.17, 15) is 0 Å². The molecule has 1 nitrogen and oxygen atoms in total. The summed E-state index contributed by atoms with van der Waals surface area (Å²) in [6.45, 7) is 4.74. The third-order valence-corrected chi connectivity index (χ3v) is 9.46. The zero-order chi connectivity index (χ0) is 20.7. The van der Waals surface area contributed by atoms with E-state index in [0.29, 0.717) is 5.92 Å². The first kappa shape index (κ1) is 19.5. The van der Waals surface area contributed by atoms with Gasteiger partial charge < -0.3 is 4.74 Å². The van der Waals surface area contributed by atoms with Crippen molar-refractivity contribution in [2.45, 2.75) is 25.4 Å². The van der Waals surface area contributed by atoms with E-state index >= 15 is 0 Å². The first-order valence-corrected chi connectivity index (χ1v) is 12.5. The molecule has 0 aromatic heterocycles.